The van der Waals surface area contributed by atoms with E-state index in [1.54, 1.807) is 0 Å². The van der Waals surface area contributed by atoms with E-state index in [-0.39, 0.29) is 12.0 Å². The molecule has 0 aliphatic heterocycles. The molecule has 0 saturated heterocycles. The molecule has 5 nitrogen and oxygen atoms in total. The Hall–Kier alpha value is -1.59. The molecule has 1 unspecified atom stereocenters. The summed E-state index contributed by atoms with van der Waals surface area (Å²) in [6, 6.07) is 9.29. The number of carbonyl (C=O) groups excluding carboxylic acids is 1. The van der Waals surface area contributed by atoms with E-state index in [9.17, 15) is 4.79 Å². The minimum atomic E-state index is -0.306. The summed E-state index contributed by atoms with van der Waals surface area (Å²) in [4.78, 5) is 11.4. The zero-order chi connectivity index (χ0) is 14.6. The molecule has 0 aliphatic rings. The lowest BCUT2D eigenvalue weighted by Crippen LogP contribution is -2.38. The summed E-state index contributed by atoms with van der Waals surface area (Å²) in [5.41, 5.74) is 0. The van der Waals surface area contributed by atoms with Gasteiger partial charge in [0.25, 0.3) is 0 Å². The van der Waals surface area contributed by atoms with Gasteiger partial charge in [0.2, 0.25) is 0 Å². The van der Waals surface area contributed by atoms with Crippen LogP contribution in [0.5, 0.6) is 5.75 Å². The van der Waals surface area contributed by atoms with Gasteiger partial charge in [-0.3, -0.25) is 4.79 Å². The van der Waals surface area contributed by atoms with E-state index in [4.69, 9.17) is 14.2 Å². The summed E-state index contributed by atoms with van der Waals surface area (Å²) in [7, 11) is 1.39. The number of hydrogen-bond donors (Lipinski definition) is 1. The fraction of sp³-hybridized carbons (Fsp3) is 0.533. The van der Waals surface area contributed by atoms with Gasteiger partial charge in [0.15, 0.2) is 0 Å². The predicted molar refractivity (Wildman–Crippen MR) is 76.9 cm³/mol. The summed E-state index contributed by atoms with van der Waals surface area (Å²) in [6.45, 7) is 4.15. The molecule has 0 saturated carbocycles. The smallest absolute Gasteiger partial charge is 0.322 e. The molecule has 20 heavy (non-hydrogen) atoms. The van der Waals surface area contributed by atoms with Crippen LogP contribution >= 0.6 is 0 Å². The van der Waals surface area contributed by atoms with Crippen molar-refractivity contribution in [3.8, 4) is 5.75 Å². The number of hydrogen-bond acceptors (Lipinski definition) is 5. The predicted octanol–water partition coefficient (Wildman–Crippen LogP) is 1.62. The van der Waals surface area contributed by atoms with E-state index in [0.29, 0.717) is 26.2 Å². The summed E-state index contributed by atoms with van der Waals surface area (Å²) < 4.78 is 15.7. The number of likely N-dealkylation sites (N-methyl/N-ethyl adjacent to an activating group) is 1. The number of rotatable bonds is 10. The Kier molecular flexibility index (Phi) is 8.42. The van der Waals surface area contributed by atoms with Crippen molar-refractivity contribution in [1.82, 2.24) is 5.32 Å². The summed E-state index contributed by atoms with van der Waals surface area (Å²) in [5, 5.41) is 3.06. The summed E-state index contributed by atoms with van der Waals surface area (Å²) in [5.74, 6) is 0.576. The van der Waals surface area contributed by atoms with Crippen LogP contribution in [0, 0.1) is 0 Å². The van der Waals surface area contributed by atoms with Crippen LogP contribution in [-0.4, -0.2) is 45.5 Å². The topological polar surface area (TPSA) is 56.8 Å². The molecule has 112 valence electrons. The first-order valence-electron chi connectivity index (χ1n) is 6.84. The molecule has 0 amide bonds. The fourth-order valence-corrected chi connectivity index (χ4v) is 1.73. The van der Waals surface area contributed by atoms with Gasteiger partial charge in [0.05, 0.1) is 13.7 Å². The SMILES string of the molecule is CCNC(CCOCCOc1ccccc1)C(=O)OC. The Morgan fingerprint density at radius 1 is 1.20 bits per heavy atom. The molecule has 1 aromatic carbocycles. The third-order valence-corrected chi connectivity index (χ3v) is 2.73. The van der Waals surface area contributed by atoms with Crippen molar-refractivity contribution in [2.45, 2.75) is 19.4 Å². The average molecular weight is 281 g/mol. The van der Waals surface area contributed by atoms with Gasteiger partial charge >= 0.3 is 5.97 Å². The van der Waals surface area contributed by atoms with Crippen molar-refractivity contribution in [1.29, 1.82) is 0 Å². The molecule has 5 heteroatoms. The molecule has 0 fully saturated rings. The third-order valence-electron chi connectivity index (χ3n) is 2.73. The Morgan fingerprint density at radius 2 is 1.95 bits per heavy atom. The van der Waals surface area contributed by atoms with Crippen LogP contribution < -0.4 is 10.1 Å². The highest BCUT2D eigenvalue weighted by atomic mass is 16.5. The van der Waals surface area contributed by atoms with Gasteiger partial charge in [-0.05, 0) is 25.1 Å². The second-order valence-corrected chi connectivity index (χ2v) is 4.20. The molecule has 0 aliphatic carbocycles. The van der Waals surface area contributed by atoms with E-state index in [1.165, 1.54) is 7.11 Å². The Morgan fingerprint density at radius 3 is 2.60 bits per heavy atom. The van der Waals surface area contributed by atoms with Crippen molar-refractivity contribution in [3.63, 3.8) is 0 Å². The highest BCUT2D eigenvalue weighted by molar-refractivity contribution is 5.75. The Bertz CT molecular complexity index is 369. The van der Waals surface area contributed by atoms with Crippen molar-refractivity contribution >= 4 is 5.97 Å². The molecule has 0 aromatic heterocycles. The number of ether oxygens (including phenoxy) is 3. The minimum absolute atomic E-state index is 0.254. The summed E-state index contributed by atoms with van der Waals surface area (Å²) in [6.07, 6.45) is 0.589. The average Bonchev–Trinajstić information content (AvgIpc) is 2.49. The highest BCUT2D eigenvalue weighted by Crippen LogP contribution is 2.07. The number of nitrogens with one attached hydrogen (secondary N) is 1. The van der Waals surface area contributed by atoms with Gasteiger partial charge in [-0.25, -0.2) is 0 Å². The molecule has 0 bridgehead atoms. The van der Waals surface area contributed by atoms with Crippen LogP contribution in [0.3, 0.4) is 0 Å². The third kappa shape index (κ3) is 6.54. The number of methoxy groups -OCH3 is 1. The number of carbonyl (C=O) groups is 1. The van der Waals surface area contributed by atoms with E-state index >= 15 is 0 Å². The normalized spacial score (nSPS) is 11.9. The Balaban J connectivity index is 2.10. The van der Waals surface area contributed by atoms with Gasteiger partial charge in [-0.15, -0.1) is 0 Å². The fourth-order valence-electron chi connectivity index (χ4n) is 1.73. The molecule has 1 aromatic rings. The molecule has 0 spiro atoms. The zero-order valence-corrected chi connectivity index (χ0v) is 12.1. The molecule has 1 N–H and O–H groups in total. The first kappa shape index (κ1) is 16.5. The molecular formula is C15H23NO4. The first-order valence-corrected chi connectivity index (χ1v) is 6.84. The molecule has 1 rings (SSSR count). The maximum absolute atomic E-state index is 11.4. The summed E-state index contributed by atoms with van der Waals surface area (Å²) >= 11 is 0. The van der Waals surface area contributed by atoms with Crippen molar-refractivity contribution in [2.24, 2.45) is 0 Å². The zero-order valence-electron chi connectivity index (χ0n) is 12.1. The second-order valence-electron chi connectivity index (χ2n) is 4.20. The van der Waals surface area contributed by atoms with Crippen LogP contribution in [-0.2, 0) is 14.3 Å². The van der Waals surface area contributed by atoms with E-state index in [2.05, 4.69) is 5.32 Å². The van der Waals surface area contributed by atoms with Gasteiger partial charge in [-0.2, -0.15) is 0 Å². The van der Waals surface area contributed by atoms with Crippen molar-refractivity contribution in [2.75, 3.05) is 33.5 Å². The van der Waals surface area contributed by atoms with E-state index in [1.807, 2.05) is 37.3 Å². The molecular weight excluding hydrogens is 258 g/mol. The maximum Gasteiger partial charge on any atom is 0.322 e. The maximum atomic E-state index is 11.4. The standard InChI is InChI=1S/C15H23NO4/c1-3-16-14(15(17)18-2)9-10-19-11-12-20-13-7-5-4-6-8-13/h4-8,14,16H,3,9-12H2,1-2H3. The molecule has 0 heterocycles. The van der Waals surface area contributed by atoms with E-state index in [0.717, 1.165) is 12.3 Å². The minimum Gasteiger partial charge on any atom is -0.491 e. The van der Waals surface area contributed by atoms with Crippen LogP contribution in [0.1, 0.15) is 13.3 Å². The van der Waals surface area contributed by atoms with Crippen LogP contribution in [0.15, 0.2) is 30.3 Å². The lowest BCUT2D eigenvalue weighted by atomic mass is 10.2. The van der Waals surface area contributed by atoms with Gasteiger partial charge in [0, 0.05) is 6.61 Å². The lowest BCUT2D eigenvalue weighted by molar-refractivity contribution is -0.143. The monoisotopic (exact) mass is 281 g/mol. The van der Waals surface area contributed by atoms with Gasteiger partial charge in [0.1, 0.15) is 18.4 Å². The highest BCUT2D eigenvalue weighted by Gasteiger charge is 2.16. The van der Waals surface area contributed by atoms with Gasteiger partial charge < -0.3 is 19.5 Å². The largest absolute Gasteiger partial charge is 0.491 e. The second kappa shape index (κ2) is 10.2. The molecule has 0 radical (unpaired) electrons. The number of esters is 1. The Labute approximate surface area is 120 Å². The van der Waals surface area contributed by atoms with Crippen molar-refractivity contribution in [3.05, 3.63) is 30.3 Å². The van der Waals surface area contributed by atoms with Crippen molar-refractivity contribution < 1.29 is 19.0 Å². The quantitative estimate of drug-likeness (QED) is 0.522. The molecule has 1 atom stereocenters. The number of benzene rings is 1. The lowest BCUT2D eigenvalue weighted by Gasteiger charge is -2.15. The van der Waals surface area contributed by atoms with E-state index < -0.39 is 0 Å². The van der Waals surface area contributed by atoms with Crippen LogP contribution in [0.25, 0.3) is 0 Å². The van der Waals surface area contributed by atoms with Crippen LogP contribution in [0.2, 0.25) is 0 Å². The van der Waals surface area contributed by atoms with Crippen LogP contribution in [0.4, 0.5) is 0 Å². The van der Waals surface area contributed by atoms with Gasteiger partial charge in [-0.1, -0.05) is 25.1 Å². The first-order chi connectivity index (χ1) is 9.77. The number of para-hydroxylation sites is 1.